The summed E-state index contributed by atoms with van der Waals surface area (Å²) < 4.78 is 2.09. The van der Waals surface area contributed by atoms with Crippen molar-refractivity contribution in [2.45, 2.75) is 46.2 Å². The molecule has 3 N–H and O–H groups in total. The van der Waals surface area contributed by atoms with Gasteiger partial charge in [-0.1, -0.05) is 29.8 Å². The van der Waals surface area contributed by atoms with E-state index in [9.17, 15) is 14.7 Å². The molecule has 210 valence electrons. The summed E-state index contributed by atoms with van der Waals surface area (Å²) in [6.45, 7) is 8.44. The van der Waals surface area contributed by atoms with Gasteiger partial charge in [-0.2, -0.15) is 0 Å². The van der Waals surface area contributed by atoms with E-state index in [1.54, 1.807) is 18.3 Å². The molecule has 1 saturated heterocycles. The lowest BCUT2D eigenvalue weighted by atomic mass is 9.96. The number of carbonyl (C=O) groups excluding carboxylic acids is 1. The number of anilines is 1. The number of aromatic nitrogens is 2. The highest BCUT2D eigenvalue weighted by molar-refractivity contribution is 7.80. The summed E-state index contributed by atoms with van der Waals surface area (Å²) in [4.78, 5) is 31.4. The van der Waals surface area contributed by atoms with Gasteiger partial charge in [0.2, 0.25) is 5.91 Å². The monoisotopic (exact) mass is 567 g/mol. The van der Waals surface area contributed by atoms with Crippen molar-refractivity contribution in [1.82, 2.24) is 19.8 Å². The SMILES string of the molecule is Cc1ccc(NC(=O)CCN2C(=S)N[C@@H](c3ccccn3)[C@H]2c2cc(C)n(-c3cc(C(=O)O)ccc3C)c2C)cc1. The first-order valence-electron chi connectivity index (χ1n) is 13.5. The highest BCUT2D eigenvalue weighted by Gasteiger charge is 2.41. The molecule has 41 heavy (non-hydrogen) atoms. The number of hydrogen-bond donors (Lipinski definition) is 3. The third-order valence-electron chi connectivity index (χ3n) is 7.60. The van der Waals surface area contributed by atoms with Gasteiger partial charge in [0.25, 0.3) is 0 Å². The Morgan fingerprint density at radius 3 is 2.46 bits per heavy atom. The third kappa shape index (κ3) is 5.71. The quantitative estimate of drug-likeness (QED) is 0.231. The fourth-order valence-corrected chi connectivity index (χ4v) is 5.84. The molecular formula is C32H33N5O3S. The number of carbonyl (C=O) groups is 2. The van der Waals surface area contributed by atoms with Crippen LogP contribution < -0.4 is 10.6 Å². The Morgan fingerprint density at radius 1 is 1.02 bits per heavy atom. The lowest BCUT2D eigenvalue weighted by Crippen LogP contribution is -2.32. The van der Waals surface area contributed by atoms with Gasteiger partial charge < -0.3 is 25.2 Å². The molecule has 8 nitrogen and oxygen atoms in total. The lowest BCUT2D eigenvalue weighted by molar-refractivity contribution is -0.116. The van der Waals surface area contributed by atoms with Crippen LogP contribution in [0.3, 0.4) is 0 Å². The van der Waals surface area contributed by atoms with Crippen molar-refractivity contribution in [2.75, 3.05) is 11.9 Å². The number of pyridine rings is 1. The van der Waals surface area contributed by atoms with E-state index in [0.717, 1.165) is 45.1 Å². The maximum absolute atomic E-state index is 12.9. The molecule has 0 radical (unpaired) electrons. The maximum Gasteiger partial charge on any atom is 0.335 e. The number of carboxylic acid groups (broad SMARTS) is 1. The summed E-state index contributed by atoms with van der Waals surface area (Å²) in [5.41, 5.74) is 7.72. The molecule has 1 fully saturated rings. The minimum absolute atomic E-state index is 0.0942. The summed E-state index contributed by atoms with van der Waals surface area (Å²) in [5.74, 6) is -1.06. The van der Waals surface area contributed by atoms with Crippen molar-refractivity contribution in [3.05, 3.63) is 112 Å². The largest absolute Gasteiger partial charge is 0.478 e. The zero-order valence-corrected chi connectivity index (χ0v) is 24.3. The van der Waals surface area contributed by atoms with Gasteiger partial charge in [0, 0.05) is 41.9 Å². The Kier molecular flexibility index (Phi) is 7.90. The second-order valence-corrected chi connectivity index (χ2v) is 10.8. The van der Waals surface area contributed by atoms with Gasteiger partial charge >= 0.3 is 5.97 Å². The number of aryl methyl sites for hydroxylation is 3. The van der Waals surface area contributed by atoms with E-state index < -0.39 is 5.97 Å². The zero-order chi connectivity index (χ0) is 29.3. The van der Waals surface area contributed by atoms with Crippen LogP contribution in [-0.2, 0) is 4.79 Å². The number of rotatable bonds is 8. The van der Waals surface area contributed by atoms with E-state index in [1.165, 1.54) is 0 Å². The Bertz CT molecular complexity index is 1610. The lowest BCUT2D eigenvalue weighted by Gasteiger charge is -2.28. The van der Waals surface area contributed by atoms with E-state index in [1.807, 2.05) is 76.2 Å². The number of hydrogen-bond acceptors (Lipinski definition) is 4. The van der Waals surface area contributed by atoms with Crippen LogP contribution in [0.15, 0.2) is 72.9 Å². The predicted octanol–water partition coefficient (Wildman–Crippen LogP) is 5.81. The molecule has 0 aliphatic carbocycles. The first-order valence-corrected chi connectivity index (χ1v) is 13.9. The molecule has 2 aromatic heterocycles. The van der Waals surface area contributed by atoms with Gasteiger partial charge in [0.1, 0.15) is 0 Å². The highest BCUT2D eigenvalue weighted by atomic mass is 32.1. The number of nitrogens with zero attached hydrogens (tertiary/aromatic N) is 3. The second-order valence-electron chi connectivity index (χ2n) is 10.5. The van der Waals surface area contributed by atoms with E-state index >= 15 is 0 Å². The summed E-state index contributed by atoms with van der Waals surface area (Å²) in [6, 6.07) is 20.3. The molecule has 0 saturated carbocycles. The molecule has 0 bridgehead atoms. The van der Waals surface area contributed by atoms with Crippen LogP contribution in [0, 0.1) is 27.7 Å². The average Bonchev–Trinajstić information content (AvgIpc) is 3.43. The number of amides is 1. The molecule has 0 unspecified atom stereocenters. The van der Waals surface area contributed by atoms with E-state index in [0.29, 0.717) is 11.7 Å². The third-order valence-corrected chi connectivity index (χ3v) is 7.95. The van der Waals surface area contributed by atoms with Gasteiger partial charge in [-0.05, 0) is 93.5 Å². The molecule has 1 aliphatic heterocycles. The number of nitrogens with one attached hydrogen (secondary N) is 2. The van der Waals surface area contributed by atoms with Gasteiger partial charge in [-0.15, -0.1) is 0 Å². The zero-order valence-electron chi connectivity index (χ0n) is 23.5. The minimum atomic E-state index is -0.968. The highest BCUT2D eigenvalue weighted by Crippen LogP contribution is 2.41. The van der Waals surface area contributed by atoms with E-state index in [-0.39, 0.29) is 30.0 Å². The Morgan fingerprint density at radius 2 is 1.78 bits per heavy atom. The van der Waals surface area contributed by atoms with Crippen molar-refractivity contribution in [3.8, 4) is 5.69 Å². The Labute approximate surface area is 245 Å². The molecule has 2 atom stereocenters. The van der Waals surface area contributed by atoms with Crippen LogP contribution in [-0.4, -0.2) is 43.1 Å². The first-order chi connectivity index (χ1) is 19.6. The van der Waals surface area contributed by atoms with E-state index in [2.05, 4.69) is 31.2 Å². The average molecular weight is 568 g/mol. The van der Waals surface area contributed by atoms with Gasteiger partial charge in [0.05, 0.1) is 23.3 Å². The van der Waals surface area contributed by atoms with Crippen LogP contribution in [0.1, 0.15) is 62.6 Å². The summed E-state index contributed by atoms with van der Waals surface area (Å²) in [7, 11) is 0. The summed E-state index contributed by atoms with van der Waals surface area (Å²) >= 11 is 5.82. The number of carboxylic acids is 1. The minimum Gasteiger partial charge on any atom is -0.478 e. The summed E-state index contributed by atoms with van der Waals surface area (Å²) in [6.07, 6.45) is 2.01. The fraction of sp³-hybridized carbons (Fsp3) is 0.250. The second kappa shape index (κ2) is 11.5. The molecule has 1 aliphatic rings. The first kappa shape index (κ1) is 28.0. The molecule has 0 spiro atoms. The molecular weight excluding hydrogens is 534 g/mol. The van der Waals surface area contributed by atoms with Crippen LogP contribution >= 0.6 is 12.2 Å². The van der Waals surface area contributed by atoms with Gasteiger partial charge in [-0.25, -0.2) is 4.79 Å². The van der Waals surface area contributed by atoms with Crippen molar-refractivity contribution in [3.63, 3.8) is 0 Å². The van der Waals surface area contributed by atoms with Gasteiger partial charge in [0.15, 0.2) is 5.11 Å². The number of benzene rings is 2. The molecule has 4 aromatic rings. The van der Waals surface area contributed by atoms with Crippen LogP contribution in [0.2, 0.25) is 0 Å². The molecule has 1 amide bonds. The van der Waals surface area contributed by atoms with Crippen molar-refractivity contribution < 1.29 is 14.7 Å². The number of aromatic carboxylic acids is 1. The van der Waals surface area contributed by atoms with Crippen molar-refractivity contribution >= 4 is 34.9 Å². The summed E-state index contributed by atoms with van der Waals surface area (Å²) in [5, 5.41) is 16.6. The molecule has 2 aromatic carbocycles. The fourth-order valence-electron chi connectivity index (χ4n) is 5.51. The van der Waals surface area contributed by atoms with Crippen molar-refractivity contribution in [2.24, 2.45) is 0 Å². The standard InChI is InChI=1S/C32H33N5O3S/c1-19-8-12-24(13-9-19)34-28(38)14-16-36-30(29(35-32(36)41)26-7-5-6-15-33-26)25-17-21(3)37(22(25)4)27-18-23(31(39)40)11-10-20(27)2/h5-13,15,17-18,29-30H,14,16H2,1-4H3,(H,34,38)(H,35,41)(H,39,40)/t29-,30+/m0/s1. The van der Waals surface area contributed by atoms with Crippen LogP contribution in [0.4, 0.5) is 5.69 Å². The predicted molar refractivity (Wildman–Crippen MR) is 164 cm³/mol. The molecule has 5 rings (SSSR count). The van der Waals surface area contributed by atoms with Gasteiger partial charge in [-0.3, -0.25) is 9.78 Å². The Hall–Kier alpha value is -4.50. The topological polar surface area (TPSA) is 99.5 Å². The smallest absolute Gasteiger partial charge is 0.335 e. The molecule has 3 heterocycles. The van der Waals surface area contributed by atoms with Crippen LogP contribution in [0.5, 0.6) is 0 Å². The number of thiocarbonyl (C=S) groups is 1. The maximum atomic E-state index is 12.9. The molecule has 9 heteroatoms. The Balaban J connectivity index is 1.50. The van der Waals surface area contributed by atoms with Crippen molar-refractivity contribution in [1.29, 1.82) is 0 Å². The van der Waals surface area contributed by atoms with Crippen LogP contribution in [0.25, 0.3) is 5.69 Å². The normalized spacial score (nSPS) is 16.5. The van der Waals surface area contributed by atoms with E-state index in [4.69, 9.17) is 12.2 Å².